The van der Waals surface area contributed by atoms with Crippen LogP contribution in [0.3, 0.4) is 0 Å². The lowest BCUT2D eigenvalue weighted by atomic mass is 9.87. The second-order valence-corrected chi connectivity index (χ2v) is 32.2. The van der Waals surface area contributed by atoms with Crippen molar-refractivity contribution >= 4 is 44.2 Å². The predicted octanol–water partition coefficient (Wildman–Crippen LogP) is 6.18. The Hall–Kier alpha value is -2.73. The first-order valence-electron chi connectivity index (χ1n) is 12.6. The fourth-order valence-electron chi connectivity index (χ4n) is 2.86. The van der Waals surface area contributed by atoms with Gasteiger partial charge in [-0.05, 0) is 0 Å². The Morgan fingerprint density at radius 1 is 0.447 bits per heavy atom. The van der Waals surface area contributed by atoms with Gasteiger partial charge >= 0.3 is 11.9 Å². The van der Waals surface area contributed by atoms with Crippen molar-refractivity contribution in [2.24, 2.45) is 0 Å². The summed E-state index contributed by atoms with van der Waals surface area (Å²) in [6, 6.07) is 0. The Morgan fingerprint density at radius 3 is 0.842 bits per heavy atom. The maximum absolute atomic E-state index is 13.3. The van der Waals surface area contributed by atoms with Crippen molar-refractivity contribution in [3.8, 4) is 45.9 Å². The average molecular weight is 579 g/mol. The Bertz CT molecular complexity index is 1260. The van der Waals surface area contributed by atoms with E-state index in [1.165, 1.54) is 14.2 Å². The molecule has 0 N–H and O–H groups in total. The van der Waals surface area contributed by atoms with Crippen LogP contribution in [0.5, 0.6) is 0 Å². The molecule has 8 heteroatoms. The molecule has 0 unspecified atom stereocenters. The number of carbonyl (C=O) groups is 2. The van der Waals surface area contributed by atoms with Gasteiger partial charge in [-0.3, -0.25) is 0 Å². The Kier molecular flexibility index (Phi) is 10.9. The minimum Gasteiger partial charge on any atom is -0.465 e. The van der Waals surface area contributed by atoms with Gasteiger partial charge < -0.3 is 9.47 Å². The highest BCUT2D eigenvalue weighted by molar-refractivity contribution is 6.85. The molecule has 202 valence electrons. The number of hydrogen-bond acceptors (Lipinski definition) is 4. The van der Waals surface area contributed by atoms with Crippen LogP contribution in [0.1, 0.15) is 43.0 Å². The molecule has 0 fully saturated rings. The Labute approximate surface area is 234 Å². The summed E-state index contributed by atoms with van der Waals surface area (Å²) < 4.78 is 10.4. The molecule has 0 aromatic heterocycles. The lowest BCUT2D eigenvalue weighted by Crippen LogP contribution is -2.22. The van der Waals surface area contributed by atoms with E-state index >= 15 is 0 Å². The highest BCUT2D eigenvalue weighted by Gasteiger charge is 2.31. The first kappa shape index (κ1) is 33.3. The van der Waals surface area contributed by atoms with Crippen LogP contribution in [0.15, 0.2) is 0 Å². The van der Waals surface area contributed by atoms with Crippen LogP contribution in [0.25, 0.3) is 0 Å². The smallest absolute Gasteiger partial charge is 0.340 e. The van der Waals surface area contributed by atoms with Crippen LogP contribution in [-0.2, 0) is 9.47 Å². The maximum Gasteiger partial charge on any atom is 0.340 e. The van der Waals surface area contributed by atoms with Crippen LogP contribution >= 0.6 is 0 Å². The molecule has 0 aliphatic heterocycles. The zero-order valence-corrected chi connectivity index (χ0v) is 29.6. The summed E-state index contributed by atoms with van der Waals surface area (Å²) >= 11 is 0. The lowest BCUT2D eigenvalue weighted by Gasteiger charge is -2.17. The van der Waals surface area contributed by atoms with Crippen molar-refractivity contribution < 1.29 is 19.1 Å². The summed E-state index contributed by atoms with van der Waals surface area (Å²) in [5.41, 5.74) is 15.5. The third kappa shape index (κ3) is 10.6. The molecule has 0 aliphatic carbocycles. The van der Waals surface area contributed by atoms with Gasteiger partial charge in [0.05, 0.1) is 47.6 Å². The quantitative estimate of drug-likeness (QED) is 0.239. The van der Waals surface area contributed by atoms with Gasteiger partial charge in [0, 0.05) is 0 Å². The molecule has 1 rings (SSSR count). The molecule has 0 saturated heterocycles. The van der Waals surface area contributed by atoms with Crippen LogP contribution < -0.4 is 0 Å². The summed E-state index contributed by atoms with van der Waals surface area (Å²) in [6.45, 7) is 25.6. The molecule has 0 aliphatic rings. The fourth-order valence-corrected chi connectivity index (χ4v) is 4.86. The second-order valence-electron chi connectivity index (χ2n) is 13.2. The second kappa shape index (κ2) is 12.4. The van der Waals surface area contributed by atoms with Crippen molar-refractivity contribution in [3.05, 3.63) is 33.4 Å². The molecule has 0 radical (unpaired) electrons. The molecule has 0 saturated carbocycles. The first-order chi connectivity index (χ1) is 17.1. The topological polar surface area (TPSA) is 52.6 Å². The molecule has 0 amide bonds. The number of methoxy groups -OCH3 is 2. The van der Waals surface area contributed by atoms with E-state index in [0.717, 1.165) is 0 Å². The van der Waals surface area contributed by atoms with E-state index in [4.69, 9.17) is 9.47 Å². The van der Waals surface area contributed by atoms with E-state index in [-0.39, 0.29) is 11.1 Å². The minimum atomic E-state index is -1.88. The number of hydrogen-bond donors (Lipinski definition) is 0. The van der Waals surface area contributed by atoms with E-state index in [9.17, 15) is 9.59 Å². The van der Waals surface area contributed by atoms with Crippen LogP contribution in [0.2, 0.25) is 78.6 Å². The number of rotatable bonds is 2. The van der Waals surface area contributed by atoms with E-state index in [0.29, 0.717) is 22.3 Å². The van der Waals surface area contributed by atoms with Gasteiger partial charge in [0.2, 0.25) is 0 Å². The largest absolute Gasteiger partial charge is 0.465 e. The van der Waals surface area contributed by atoms with E-state index in [1.54, 1.807) is 0 Å². The maximum atomic E-state index is 13.3. The van der Waals surface area contributed by atoms with Gasteiger partial charge in [0.15, 0.2) is 0 Å². The highest BCUT2D eigenvalue weighted by atomic mass is 28.3. The van der Waals surface area contributed by atoms with Crippen molar-refractivity contribution in [2.75, 3.05) is 14.2 Å². The van der Waals surface area contributed by atoms with Crippen molar-refractivity contribution in [2.45, 2.75) is 78.6 Å². The van der Waals surface area contributed by atoms with Gasteiger partial charge in [0.25, 0.3) is 0 Å². The normalized spacial score (nSPS) is 11.3. The van der Waals surface area contributed by atoms with Crippen molar-refractivity contribution in [1.82, 2.24) is 0 Å². The fraction of sp³-hybridized carbons (Fsp3) is 0.467. The minimum absolute atomic E-state index is 0.0448. The number of ether oxygens (including phenoxy) is 2. The molecule has 38 heavy (non-hydrogen) atoms. The van der Waals surface area contributed by atoms with Gasteiger partial charge in [-0.15, -0.1) is 22.2 Å². The predicted molar refractivity (Wildman–Crippen MR) is 170 cm³/mol. The summed E-state index contributed by atoms with van der Waals surface area (Å²) in [6.07, 6.45) is 0. The molecule has 4 nitrogen and oxygen atoms in total. The third-order valence-corrected chi connectivity index (χ3v) is 8.03. The number of carbonyl (C=O) groups excluding carboxylic acids is 2. The third-order valence-electron chi connectivity index (χ3n) is 4.53. The zero-order valence-electron chi connectivity index (χ0n) is 25.6. The lowest BCUT2D eigenvalue weighted by molar-refractivity contribution is 0.0554. The Morgan fingerprint density at radius 2 is 0.658 bits per heavy atom. The molecule has 0 heterocycles. The monoisotopic (exact) mass is 578 g/mol. The van der Waals surface area contributed by atoms with Gasteiger partial charge in [-0.2, -0.15) is 0 Å². The van der Waals surface area contributed by atoms with Gasteiger partial charge in [-0.1, -0.05) is 102 Å². The Balaban J connectivity index is 4.81. The molecule has 1 aromatic carbocycles. The van der Waals surface area contributed by atoms with E-state index < -0.39 is 44.2 Å². The van der Waals surface area contributed by atoms with Crippen LogP contribution in [-0.4, -0.2) is 58.5 Å². The average Bonchev–Trinajstić information content (AvgIpc) is 2.74. The molecule has 0 atom stereocenters. The molecular formula is C30H42O4Si4. The molecule has 1 aromatic rings. The molecule has 0 bridgehead atoms. The molecular weight excluding hydrogens is 537 g/mol. The number of benzene rings is 1. The highest BCUT2D eigenvalue weighted by Crippen LogP contribution is 2.30. The van der Waals surface area contributed by atoms with Gasteiger partial charge in [0.1, 0.15) is 32.3 Å². The molecule has 0 spiro atoms. The van der Waals surface area contributed by atoms with Crippen LogP contribution in [0, 0.1) is 45.9 Å². The summed E-state index contributed by atoms with van der Waals surface area (Å²) in [5.74, 6) is 11.9. The van der Waals surface area contributed by atoms with Crippen molar-refractivity contribution in [3.63, 3.8) is 0 Å². The summed E-state index contributed by atoms with van der Waals surface area (Å²) in [7, 11) is -4.87. The van der Waals surface area contributed by atoms with Crippen LogP contribution in [0.4, 0.5) is 0 Å². The van der Waals surface area contributed by atoms with Crippen molar-refractivity contribution in [1.29, 1.82) is 0 Å². The van der Waals surface area contributed by atoms with E-state index in [1.807, 2.05) is 0 Å². The number of esters is 2. The SMILES string of the molecule is COC(=O)c1c(C#C[Si](C)(C)C)c(C#C[Si](C)(C)C)c(C#C[Si](C)(C)C)c(C#C[Si](C)(C)C)c1C(=O)OC. The summed E-state index contributed by atoms with van der Waals surface area (Å²) in [5, 5.41) is 0. The summed E-state index contributed by atoms with van der Waals surface area (Å²) in [4.78, 5) is 26.7. The van der Waals surface area contributed by atoms with E-state index in [2.05, 4.69) is 124 Å². The zero-order chi connectivity index (χ0) is 29.7. The first-order valence-corrected chi connectivity index (χ1v) is 26.6. The van der Waals surface area contributed by atoms with Gasteiger partial charge in [-0.25, -0.2) is 9.59 Å². The standard InChI is InChI=1S/C30H42O4Si4/c1-33-29(31)27-25(17-21-37(9,10)11)23(15-19-35(3,4)5)24(16-20-36(6,7)8)26(18-22-38(12,13)14)28(27)30(32)34-2/h1-14H3.